The molecule has 0 bridgehead atoms. The van der Waals surface area contributed by atoms with Crippen LogP contribution in [0.1, 0.15) is 22.5 Å². The average molecular weight is 330 g/mol. The molecule has 1 spiro atoms. The molecule has 0 N–H and O–H groups in total. The van der Waals surface area contributed by atoms with Crippen LogP contribution in [-0.4, -0.2) is 45.5 Å². The van der Waals surface area contributed by atoms with Crippen molar-refractivity contribution < 1.29 is 13.9 Å². The first kappa shape index (κ1) is 14.6. The number of aryl methyl sites for hydroxylation is 1. The first-order valence-electron chi connectivity index (χ1n) is 7.69. The van der Waals surface area contributed by atoms with Crippen LogP contribution in [0.2, 0.25) is 0 Å². The molecule has 2 aliphatic heterocycles. The summed E-state index contributed by atoms with van der Waals surface area (Å²) >= 11 is 1.91. The molecule has 5 nitrogen and oxygen atoms in total. The third kappa shape index (κ3) is 2.72. The molecule has 2 fully saturated rings. The Morgan fingerprint density at radius 2 is 2.35 bits per heavy atom. The number of ether oxygens (including phenoxy) is 1. The van der Waals surface area contributed by atoms with E-state index < -0.39 is 0 Å². The maximum absolute atomic E-state index is 12.4. The van der Waals surface area contributed by atoms with Crippen LogP contribution in [-0.2, 0) is 0 Å². The Hall–Kier alpha value is -1.95. The Morgan fingerprint density at radius 1 is 1.48 bits per heavy atom. The number of likely N-dealkylation sites (tertiary alicyclic amines) is 1. The van der Waals surface area contributed by atoms with Crippen molar-refractivity contribution in [1.82, 2.24) is 9.88 Å². The van der Waals surface area contributed by atoms with Crippen LogP contribution in [0.5, 0.6) is 5.75 Å². The van der Waals surface area contributed by atoms with Gasteiger partial charge in [0.15, 0.2) is 5.76 Å². The quantitative estimate of drug-likeness (QED) is 0.866. The van der Waals surface area contributed by atoms with Gasteiger partial charge in [-0.05, 0) is 25.1 Å². The summed E-state index contributed by atoms with van der Waals surface area (Å²) in [5.41, 5.74) is 0.896. The van der Waals surface area contributed by atoms with E-state index in [2.05, 4.69) is 4.98 Å². The number of aromatic nitrogens is 1. The van der Waals surface area contributed by atoms with E-state index in [9.17, 15) is 4.79 Å². The fourth-order valence-corrected chi connectivity index (χ4v) is 4.76. The molecule has 2 aromatic rings. The van der Waals surface area contributed by atoms with E-state index in [0.29, 0.717) is 5.76 Å². The average Bonchev–Trinajstić information content (AvgIpc) is 3.13. The van der Waals surface area contributed by atoms with Crippen molar-refractivity contribution in [2.45, 2.75) is 24.2 Å². The lowest BCUT2D eigenvalue weighted by molar-refractivity contribution is 0.0486. The Morgan fingerprint density at radius 3 is 3.04 bits per heavy atom. The predicted molar refractivity (Wildman–Crippen MR) is 87.8 cm³/mol. The molecule has 2 aliphatic rings. The van der Waals surface area contributed by atoms with Gasteiger partial charge in [-0.15, -0.1) is 11.8 Å². The molecule has 0 saturated carbocycles. The van der Waals surface area contributed by atoms with E-state index in [4.69, 9.17) is 9.15 Å². The monoisotopic (exact) mass is 330 g/mol. The molecule has 2 aromatic heterocycles. The summed E-state index contributed by atoms with van der Waals surface area (Å²) < 4.78 is 11.4. The number of thioether (sulfide) groups is 1. The number of carbonyl (C=O) groups excluding carboxylic acids is 1. The molecule has 1 unspecified atom stereocenters. The van der Waals surface area contributed by atoms with E-state index >= 15 is 0 Å². The lowest BCUT2D eigenvalue weighted by Crippen LogP contribution is -2.60. The summed E-state index contributed by atoms with van der Waals surface area (Å²) in [7, 11) is 0. The van der Waals surface area contributed by atoms with Gasteiger partial charge in [0.25, 0.3) is 5.91 Å². The minimum atomic E-state index is -0.00430. The highest BCUT2D eigenvalue weighted by Crippen LogP contribution is 2.46. The van der Waals surface area contributed by atoms with Crippen molar-refractivity contribution in [2.24, 2.45) is 0 Å². The zero-order valence-electron chi connectivity index (χ0n) is 12.9. The van der Waals surface area contributed by atoms with Crippen LogP contribution in [0.25, 0.3) is 0 Å². The highest BCUT2D eigenvalue weighted by molar-refractivity contribution is 8.01. The molecular weight excluding hydrogens is 312 g/mol. The van der Waals surface area contributed by atoms with Gasteiger partial charge in [-0.3, -0.25) is 9.78 Å². The highest BCUT2D eigenvalue weighted by atomic mass is 32.2. The molecule has 0 radical (unpaired) electrons. The largest absolute Gasteiger partial charge is 0.488 e. The van der Waals surface area contributed by atoms with E-state index in [-0.39, 0.29) is 16.8 Å². The maximum atomic E-state index is 12.4. The van der Waals surface area contributed by atoms with Crippen molar-refractivity contribution >= 4 is 17.7 Å². The number of carbonyl (C=O) groups is 1. The maximum Gasteiger partial charge on any atom is 0.289 e. The molecule has 1 amide bonds. The van der Waals surface area contributed by atoms with Gasteiger partial charge in [0, 0.05) is 37.0 Å². The first-order chi connectivity index (χ1) is 11.2. The van der Waals surface area contributed by atoms with Crippen molar-refractivity contribution in [3.63, 3.8) is 0 Å². The Kier molecular flexibility index (Phi) is 3.56. The predicted octanol–water partition coefficient (Wildman–Crippen LogP) is 2.76. The lowest BCUT2D eigenvalue weighted by Gasteiger charge is -2.47. The van der Waals surface area contributed by atoms with Crippen LogP contribution < -0.4 is 4.74 Å². The molecular formula is C17H18N2O3S. The smallest absolute Gasteiger partial charge is 0.289 e. The van der Waals surface area contributed by atoms with Gasteiger partial charge in [0.2, 0.25) is 0 Å². The molecule has 0 aromatic carbocycles. The van der Waals surface area contributed by atoms with Gasteiger partial charge >= 0.3 is 0 Å². The van der Waals surface area contributed by atoms with Crippen molar-refractivity contribution in [3.8, 4) is 5.75 Å². The summed E-state index contributed by atoms with van der Waals surface area (Å²) in [6, 6.07) is 5.63. The third-order valence-electron chi connectivity index (χ3n) is 4.41. The number of furan rings is 1. The topological polar surface area (TPSA) is 55.6 Å². The first-order valence-corrected chi connectivity index (χ1v) is 8.68. The second kappa shape index (κ2) is 5.60. The SMILES string of the molecule is Cc1ccoc1C(=O)N1CC2(CC(Oc3cccnc3)CS2)C1. The zero-order chi connectivity index (χ0) is 15.9. The van der Waals surface area contributed by atoms with Crippen LogP contribution in [0.3, 0.4) is 0 Å². The van der Waals surface area contributed by atoms with Crippen LogP contribution in [0.15, 0.2) is 41.3 Å². The summed E-state index contributed by atoms with van der Waals surface area (Å²) in [5.74, 6) is 2.23. The molecule has 120 valence electrons. The van der Waals surface area contributed by atoms with Gasteiger partial charge in [0.1, 0.15) is 11.9 Å². The van der Waals surface area contributed by atoms with E-state index in [1.165, 1.54) is 0 Å². The van der Waals surface area contributed by atoms with Gasteiger partial charge in [0.05, 0.1) is 17.2 Å². The van der Waals surface area contributed by atoms with E-state index in [0.717, 1.165) is 36.6 Å². The van der Waals surface area contributed by atoms with Gasteiger partial charge in [-0.2, -0.15) is 0 Å². The Bertz CT molecular complexity index is 710. The summed E-state index contributed by atoms with van der Waals surface area (Å²) in [4.78, 5) is 18.3. The molecule has 23 heavy (non-hydrogen) atoms. The van der Waals surface area contributed by atoms with Crippen LogP contribution in [0.4, 0.5) is 0 Å². The second-order valence-corrected chi connectivity index (χ2v) is 7.71. The summed E-state index contributed by atoms with van der Waals surface area (Å²) in [6.07, 6.45) is 6.20. The van der Waals surface area contributed by atoms with Crippen molar-refractivity contribution in [1.29, 1.82) is 0 Å². The number of nitrogens with zero attached hydrogens (tertiary/aromatic N) is 2. The van der Waals surface area contributed by atoms with E-state index in [1.54, 1.807) is 18.7 Å². The van der Waals surface area contributed by atoms with Crippen molar-refractivity contribution in [2.75, 3.05) is 18.8 Å². The van der Waals surface area contributed by atoms with Gasteiger partial charge < -0.3 is 14.1 Å². The number of hydrogen-bond acceptors (Lipinski definition) is 5. The molecule has 0 aliphatic carbocycles. The minimum absolute atomic E-state index is 0.00430. The molecule has 6 heteroatoms. The van der Waals surface area contributed by atoms with Gasteiger partial charge in [-0.25, -0.2) is 0 Å². The lowest BCUT2D eigenvalue weighted by atomic mass is 9.92. The Labute approximate surface area is 139 Å². The van der Waals surface area contributed by atoms with Crippen LogP contribution in [0, 0.1) is 6.92 Å². The normalized spacial score (nSPS) is 22.1. The number of rotatable bonds is 3. The van der Waals surface area contributed by atoms with Gasteiger partial charge in [-0.1, -0.05) is 0 Å². The number of pyridine rings is 1. The fourth-order valence-electron chi connectivity index (χ4n) is 3.24. The standard InChI is InChI=1S/C17H18N2O3S/c1-12-4-6-21-15(12)16(20)19-10-17(11-19)7-14(9-23-17)22-13-3-2-5-18-8-13/h2-6,8,14H,7,9-11H2,1H3. The Balaban J connectivity index is 1.35. The zero-order valence-corrected chi connectivity index (χ0v) is 13.7. The fraction of sp³-hybridized carbons (Fsp3) is 0.412. The van der Waals surface area contributed by atoms with Crippen molar-refractivity contribution in [3.05, 3.63) is 48.2 Å². The third-order valence-corrected chi connectivity index (χ3v) is 5.99. The summed E-state index contributed by atoms with van der Waals surface area (Å²) in [6.45, 7) is 3.43. The molecule has 2 saturated heterocycles. The number of hydrogen-bond donors (Lipinski definition) is 0. The molecule has 4 rings (SSSR count). The highest BCUT2D eigenvalue weighted by Gasteiger charge is 2.51. The number of amides is 1. The van der Waals surface area contributed by atoms with E-state index in [1.807, 2.05) is 41.8 Å². The summed E-state index contributed by atoms with van der Waals surface area (Å²) in [5, 5.41) is 0. The molecule has 1 atom stereocenters. The van der Waals surface area contributed by atoms with Crippen LogP contribution >= 0.6 is 11.8 Å². The second-order valence-electron chi connectivity index (χ2n) is 6.22. The molecule has 4 heterocycles. The minimum Gasteiger partial charge on any atom is -0.488 e.